The largest absolute Gasteiger partial charge is 0.394 e. The predicted octanol–water partition coefficient (Wildman–Crippen LogP) is 17.2. The van der Waals surface area contributed by atoms with Crippen LogP contribution in [0.15, 0.2) is 85.1 Å². The Bertz CT molecular complexity index is 1100. The van der Waals surface area contributed by atoms with Gasteiger partial charge in [0.2, 0.25) is 5.91 Å². The molecule has 0 saturated heterocycles. The van der Waals surface area contributed by atoms with Crippen LogP contribution >= 0.6 is 0 Å². The van der Waals surface area contributed by atoms with Gasteiger partial charge in [0.25, 0.3) is 0 Å². The van der Waals surface area contributed by atoms with E-state index in [-0.39, 0.29) is 12.5 Å². The van der Waals surface area contributed by atoms with Gasteiger partial charge in [-0.3, -0.25) is 4.79 Å². The second-order valence-corrected chi connectivity index (χ2v) is 17.6. The van der Waals surface area contributed by atoms with Crippen molar-refractivity contribution in [3.63, 3.8) is 0 Å². The second kappa shape index (κ2) is 51.9. The van der Waals surface area contributed by atoms with E-state index in [1.165, 1.54) is 161 Å². The third-order valence-electron chi connectivity index (χ3n) is 11.6. The number of carbonyl (C=O) groups is 1. The average molecular weight is 848 g/mol. The number of hydrogen-bond acceptors (Lipinski definition) is 3. The molecule has 0 aromatic heterocycles. The second-order valence-electron chi connectivity index (χ2n) is 17.6. The van der Waals surface area contributed by atoms with Crippen molar-refractivity contribution in [2.45, 2.75) is 264 Å². The highest BCUT2D eigenvalue weighted by atomic mass is 16.3. The van der Waals surface area contributed by atoms with Crippen LogP contribution in [0.4, 0.5) is 0 Å². The highest BCUT2D eigenvalue weighted by Gasteiger charge is 2.18. The van der Waals surface area contributed by atoms with E-state index in [0.29, 0.717) is 6.42 Å². The average Bonchev–Trinajstić information content (AvgIpc) is 3.26. The highest BCUT2D eigenvalue weighted by Crippen LogP contribution is 2.16. The molecule has 0 bridgehead atoms. The van der Waals surface area contributed by atoms with Crippen LogP contribution < -0.4 is 5.32 Å². The Kier molecular flexibility index (Phi) is 49.8. The van der Waals surface area contributed by atoms with Gasteiger partial charge >= 0.3 is 0 Å². The van der Waals surface area contributed by atoms with Crippen LogP contribution in [0.25, 0.3) is 0 Å². The summed E-state index contributed by atoms with van der Waals surface area (Å²) in [4.78, 5) is 12.5. The first-order valence-corrected chi connectivity index (χ1v) is 26.3. The van der Waals surface area contributed by atoms with Crippen molar-refractivity contribution in [3.8, 4) is 0 Å². The number of allylic oxidation sites excluding steroid dienone is 13. The Labute approximate surface area is 380 Å². The van der Waals surface area contributed by atoms with E-state index < -0.39 is 12.1 Å². The lowest BCUT2D eigenvalue weighted by Crippen LogP contribution is -2.45. The molecule has 0 aliphatic carbocycles. The smallest absolute Gasteiger partial charge is 0.220 e. The van der Waals surface area contributed by atoms with E-state index in [4.69, 9.17) is 0 Å². The van der Waals surface area contributed by atoms with Crippen LogP contribution in [0.2, 0.25) is 0 Å². The Morgan fingerprint density at radius 2 is 0.721 bits per heavy atom. The number of aliphatic hydroxyl groups excluding tert-OH is 2. The lowest BCUT2D eigenvalue weighted by Gasteiger charge is -2.20. The Hall–Kier alpha value is -2.43. The third kappa shape index (κ3) is 48.5. The van der Waals surface area contributed by atoms with E-state index in [0.717, 1.165) is 70.6 Å². The molecule has 0 fully saturated rings. The van der Waals surface area contributed by atoms with Crippen LogP contribution in [0.3, 0.4) is 0 Å². The summed E-state index contributed by atoms with van der Waals surface area (Å²) in [5.74, 6) is -0.0741. The molecule has 0 radical (unpaired) electrons. The minimum absolute atomic E-state index is 0.0741. The van der Waals surface area contributed by atoms with Crippen molar-refractivity contribution in [1.29, 1.82) is 0 Å². The highest BCUT2D eigenvalue weighted by molar-refractivity contribution is 5.76. The molecule has 2 atom stereocenters. The van der Waals surface area contributed by atoms with Gasteiger partial charge in [0, 0.05) is 6.42 Å². The quantitative estimate of drug-likeness (QED) is 0.0422. The monoisotopic (exact) mass is 848 g/mol. The molecule has 4 heteroatoms. The Morgan fingerprint density at radius 3 is 1.08 bits per heavy atom. The van der Waals surface area contributed by atoms with E-state index in [1.807, 2.05) is 6.08 Å². The van der Waals surface area contributed by atoms with Crippen molar-refractivity contribution in [2.75, 3.05) is 6.61 Å². The molecule has 0 rings (SSSR count). The first-order valence-electron chi connectivity index (χ1n) is 26.3. The van der Waals surface area contributed by atoms with Crippen molar-refractivity contribution < 1.29 is 15.0 Å². The first kappa shape index (κ1) is 58.6. The fourth-order valence-corrected chi connectivity index (χ4v) is 7.65. The normalized spacial score (nSPS) is 13.6. The molecule has 0 aliphatic rings. The molecule has 0 heterocycles. The van der Waals surface area contributed by atoms with Crippen LogP contribution in [-0.2, 0) is 4.79 Å². The Balaban J connectivity index is 3.59. The van der Waals surface area contributed by atoms with E-state index in [9.17, 15) is 15.0 Å². The van der Waals surface area contributed by atoms with Gasteiger partial charge in [-0.15, -0.1) is 0 Å². The maximum Gasteiger partial charge on any atom is 0.220 e. The lowest BCUT2D eigenvalue weighted by atomic mass is 10.0. The molecular formula is C57H101NO3. The topological polar surface area (TPSA) is 69.6 Å². The van der Waals surface area contributed by atoms with Crippen LogP contribution in [0, 0.1) is 0 Å². The fraction of sp³-hybridized carbons (Fsp3) is 0.737. The zero-order valence-corrected chi connectivity index (χ0v) is 40.4. The van der Waals surface area contributed by atoms with Gasteiger partial charge in [0.1, 0.15) is 0 Å². The number of rotatable bonds is 47. The summed E-state index contributed by atoms with van der Waals surface area (Å²) in [5, 5.41) is 23.1. The van der Waals surface area contributed by atoms with E-state index >= 15 is 0 Å². The summed E-state index contributed by atoms with van der Waals surface area (Å²) >= 11 is 0. The first-order chi connectivity index (χ1) is 30.2. The van der Waals surface area contributed by atoms with Crippen LogP contribution in [0.1, 0.15) is 251 Å². The minimum atomic E-state index is -0.849. The maximum atomic E-state index is 12.5. The summed E-state index contributed by atoms with van der Waals surface area (Å²) in [6.07, 6.45) is 75.7. The van der Waals surface area contributed by atoms with E-state index in [2.05, 4.69) is 92.1 Å². The number of aliphatic hydroxyl groups is 2. The summed E-state index contributed by atoms with van der Waals surface area (Å²) in [7, 11) is 0. The number of hydrogen-bond donors (Lipinski definition) is 3. The zero-order valence-electron chi connectivity index (χ0n) is 40.4. The predicted molar refractivity (Wildman–Crippen MR) is 271 cm³/mol. The molecule has 0 saturated carbocycles. The summed E-state index contributed by atoms with van der Waals surface area (Å²) in [5.41, 5.74) is 0. The van der Waals surface area contributed by atoms with Crippen molar-refractivity contribution in [1.82, 2.24) is 5.32 Å². The molecule has 3 N–H and O–H groups in total. The lowest BCUT2D eigenvalue weighted by molar-refractivity contribution is -0.123. The number of nitrogens with one attached hydrogen (secondary N) is 1. The van der Waals surface area contributed by atoms with Gasteiger partial charge in [-0.05, 0) is 70.6 Å². The molecule has 1 amide bonds. The van der Waals surface area contributed by atoms with Gasteiger partial charge in [0.15, 0.2) is 0 Å². The molecular weight excluding hydrogens is 747 g/mol. The molecule has 0 aromatic carbocycles. The van der Waals surface area contributed by atoms with Gasteiger partial charge in [-0.25, -0.2) is 0 Å². The molecule has 352 valence electrons. The summed E-state index contributed by atoms with van der Waals surface area (Å²) in [6, 6.07) is -0.633. The van der Waals surface area contributed by atoms with Gasteiger partial charge in [-0.2, -0.15) is 0 Å². The fourth-order valence-electron chi connectivity index (χ4n) is 7.65. The summed E-state index contributed by atoms with van der Waals surface area (Å²) in [6.45, 7) is 4.20. The molecule has 4 nitrogen and oxygen atoms in total. The third-order valence-corrected chi connectivity index (χ3v) is 11.6. The van der Waals surface area contributed by atoms with Gasteiger partial charge in [-0.1, -0.05) is 259 Å². The molecule has 2 unspecified atom stereocenters. The van der Waals surface area contributed by atoms with Crippen molar-refractivity contribution in [3.05, 3.63) is 85.1 Å². The number of unbranched alkanes of at least 4 members (excludes halogenated alkanes) is 28. The molecule has 0 aliphatic heterocycles. The summed E-state index contributed by atoms with van der Waals surface area (Å²) < 4.78 is 0. The van der Waals surface area contributed by atoms with Crippen LogP contribution in [0.5, 0.6) is 0 Å². The zero-order chi connectivity index (χ0) is 44.2. The van der Waals surface area contributed by atoms with Crippen LogP contribution in [-0.4, -0.2) is 34.9 Å². The molecule has 0 aromatic rings. The minimum Gasteiger partial charge on any atom is -0.394 e. The number of amides is 1. The SMILES string of the molecule is CC/C=C\C/C=C\C/C=C\C/C=C\C/C=C\C/C=C\CCCCCCCCCCC(=O)NC(CO)C(O)/C=C/CCCCCCCCCCCCCCCCCCCCCC. The standard InChI is InChI=1S/C57H101NO3/c1-3-5-7-9-11-13-15-17-19-21-23-25-27-28-29-30-31-33-35-37-39-41-43-45-47-49-51-53-57(61)58-55(54-59)56(60)52-50-48-46-44-42-40-38-36-34-32-26-24-22-20-18-16-14-12-10-8-6-4-2/h5,7,11,13,17,19,23,25,28-29,31,33,50,52,55-56,59-60H,3-4,6,8-10,12,14-16,18,20-22,24,26-27,30,32,34-49,51,53-54H2,1-2H3,(H,58,61)/b7-5-,13-11-,19-17-,25-23-,29-28-,33-31-,52-50+. The van der Waals surface area contributed by atoms with Crippen molar-refractivity contribution in [2.24, 2.45) is 0 Å². The Morgan fingerprint density at radius 1 is 0.410 bits per heavy atom. The van der Waals surface area contributed by atoms with Gasteiger partial charge in [0.05, 0.1) is 18.8 Å². The van der Waals surface area contributed by atoms with Gasteiger partial charge < -0.3 is 15.5 Å². The number of carbonyl (C=O) groups excluding carboxylic acids is 1. The maximum absolute atomic E-state index is 12.5. The molecule has 0 spiro atoms. The van der Waals surface area contributed by atoms with Crippen molar-refractivity contribution >= 4 is 5.91 Å². The molecule has 61 heavy (non-hydrogen) atoms. The van der Waals surface area contributed by atoms with E-state index in [1.54, 1.807) is 6.08 Å².